The maximum absolute atomic E-state index is 11.3. The lowest BCUT2D eigenvalue weighted by Gasteiger charge is -2.34. The molecule has 0 bridgehead atoms. The summed E-state index contributed by atoms with van der Waals surface area (Å²) in [6.07, 6.45) is 0. The van der Waals surface area contributed by atoms with E-state index in [0.717, 1.165) is 5.56 Å². The number of likely N-dealkylation sites (N-methyl/N-ethyl adjacent to an activating group) is 1. The van der Waals surface area contributed by atoms with E-state index in [1.807, 2.05) is 6.92 Å². The number of hydrogen-bond acceptors (Lipinski definition) is 4. The first-order valence-electron chi connectivity index (χ1n) is 6.43. The highest BCUT2D eigenvalue weighted by molar-refractivity contribution is 5.77. The van der Waals surface area contributed by atoms with E-state index in [2.05, 4.69) is 0 Å². The van der Waals surface area contributed by atoms with E-state index < -0.39 is 16.4 Å². The second-order valence-electron chi connectivity index (χ2n) is 5.20. The van der Waals surface area contributed by atoms with Gasteiger partial charge in [0.15, 0.2) is 0 Å². The summed E-state index contributed by atoms with van der Waals surface area (Å²) in [5.74, 6) is -0.914. The van der Waals surface area contributed by atoms with Crippen LogP contribution in [-0.4, -0.2) is 33.0 Å². The minimum atomic E-state index is -1.02. The smallest absolute Gasteiger partial charge is 0.323 e. The van der Waals surface area contributed by atoms with E-state index in [9.17, 15) is 20.0 Å². The van der Waals surface area contributed by atoms with E-state index in [-0.39, 0.29) is 5.69 Å². The number of carboxylic acid groups (broad SMARTS) is 1. The van der Waals surface area contributed by atoms with Crippen LogP contribution in [0, 0.1) is 17.0 Å². The van der Waals surface area contributed by atoms with Crippen molar-refractivity contribution in [2.45, 2.75) is 39.8 Å². The number of benzene rings is 1. The fourth-order valence-electron chi connectivity index (χ4n) is 2.08. The molecule has 0 radical (unpaired) electrons. The van der Waals surface area contributed by atoms with Crippen molar-refractivity contribution in [2.75, 3.05) is 6.54 Å². The minimum absolute atomic E-state index is 0.0617. The molecule has 0 heterocycles. The zero-order valence-corrected chi connectivity index (χ0v) is 12.2. The van der Waals surface area contributed by atoms with Crippen LogP contribution in [0.4, 0.5) is 5.69 Å². The van der Waals surface area contributed by atoms with Crippen molar-refractivity contribution in [3.05, 3.63) is 39.4 Å². The average molecular weight is 280 g/mol. The maximum atomic E-state index is 11.3. The first kappa shape index (κ1) is 16.1. The van der Waals surface area contributed by atoms with Gasteiger partial charge >= 0.3 is 5.97 Å². The molecule has 0 saturated heterocycles. The van der Waals surface area contributed by atoms with Crippen LogP contribution >= 0.6 is 0 Å². The molecule has 0 unspecified atom stereocenters. The number of carboxylic acids is 1. The molecule has 0 aliphatic heterocycles. The monoisotopic (exact) mass is 280 g/mol. The molecule has 1 aromatic carbocycles. The van der Waals surface area contributed by atoms with Gasteiger partial charge in [-0.3, -0.25) is 19.8 Å². The predicted octanol–water partition coefficient (Wildman–Crippen LogP) is 2.59. The molecule has 0 saturated carbocycles. The molecule has 1 aromatic rings. The van der Waals surface area contributed by atoms with E-state index >= 15 is 0 Å². The van der Waals surface area contributed by atoms with Gasteiger partial charge in [-0.2, -0.15) is 0 Å². The van der Waals surface area contributed by atoms with Crippen molar-refractivity contribution < 1.29 is 14.8 Å². The van der Waals surface area contributed by atoms with Gasteiger partial charge in [-0.25, -0.2) is 0 Å². The lowest BCUT2D eigenvalue weighted by atomic mass is 10.00. The Kier molecular flexibility index (Phi) is 4.83. The van der Waals surface area contributed by atoms with Gasteiger partial charge < -0.3 is 5.11 Å². The molecule has 0 fully saturated rings. The molecule has 0 atom stereocenters. The standard InChI is InChI=1S/C14H20N2O4/c1-5-15(14(3,4)13(17)18)9-11-7-6-8-12(10(11)2)16(19)20/h6-8H,5,9H2,1-4H3,(H,17,18). The Bertz CT molecular complexity index is 526. The van der Waals surface area contributed by atoms with Gasteiger partial charge in [0.1, 0.15) is 5.54 Å². The SMILES string of the molecule is CCN(Cc1cccc([N+](=O)[O-])c1C)C(C)(C)C(=O)O. The molecule has 1 N–H and O–H groups in total. The lowest BCUT2D eigenvalue weighted by molar-refractivity contribution is -0.385. The number of nitro benzene ring substituents is 1. The summed E-state index contributed by atoms with van der Waals surface area (Å²) in [4.78, 5) is 23.6. The first-order chi connectivity index (χ1) is 9.21. The maximum Gasteiger partial charge on any atom is 0.323 e. The Morgan fingerprint density at radius 3 is 2.50 bits per heavy atom. The highest BCUT2D eigenvalue weighted by atomic mass is 16.6. The molecule has 0 aliphatic rings. The minimum Gasteiger partial charge on any atom is -0.480 e. The third-order valence-electron chi connectivity index (χ3n) is 3.67. The quantitative estimate of drug-likeness (QED) is 0.639. The second kappa shape index (κ2) is 6.00. The van der Waals surface area contributed by atoms with Crippen LogP contribution < -0.4 is 0 Å². The molecule has 0 aliphatic carbocycles. The van der Waals surface area contributed by atoms with Crippen LogP contribution in [0.2, 0.25) is 0 Å². The van der Waals surface area contributed by atoms with Crippen molar-refractivity contribution in [1.82, 2.24) is 4.90 Å². The fraction of sp³-hybridized carbons (Fsp3) is 0.500. The summed E-state index contributed by atoms with van der Waals surface area (Å²) in [6.45, 7) is 7.73. The van der Waals surface area contributed by atoms with Gasteiger partial charge in [0.25, 0.3) is 5.69 Å². The van der Waals surface area contributed by atoms with Crippen molar-refractivity contribution in [1.29, 1.82) is 0 Å². The van der Waals surface area contributed by atoms with Gasteiger partial charge in [-0.1, -0.05) is 19.1 Å². The molecular weight excluding hydrogens is 260 g/mol. The normalized spacial score (nSPS) is 11.7. The van der Waals surface area contributed by atoms with E-state index in [0.29, 0.717) is 18.7 Å². The van der Waals surface area contributed by atoms with Crippen LogP contribution in [-0.2, 0) is 11.3 Å². The topological polar surface area (TPSA) is 83.7 Å². The lowest BCUT2D eigenvalue weighted by Crippen LogP contribution is -2.49. The molecule has 0 amide bonds. The Labute approximate surface area is 118 Å². The number of nitrogens with zero attached hydrogens (tertiary/aromatic N) is 2. The molecule has 6 heteroatoms. The Balaban J connectivity index is 3.12. The number of carbonyl (C=O) groups is 1. The first-order valence-corrected chi connectivity index (χ1v) is 6.43. The summed E-state index contributed by atoms with van der Waals surface area (Å²) in [7, 11) is 0. The van der Waals surface area contributed by atoms with Crippen molar-refractivity contribution in [2.24, 2.45) is 0 Å². The molecule has 0 aromatic heterocycles. The molecule has 1 rings (SSSR count). The Hall–Kier alpha value is -1.95. The van der Waals surface area contributed by atoms with Crippen molar-refractivity contribution >= 4 is 11.7 Å². The fourth-order valence-corrected chi connectivity index (χ4v) is 2.08. The second-order valence-corrected chi connectivity index (χ2v) is 5.20. The predicted molar refractivity (Wildman–Crippen MR) is 75.6 cm³/mol. The Morgan fingerprint density at radius 2 is 2.05 bits per heavy atom. The summed E-state index contributed by atoms with van der Waals surface area (Å²) in [6, 6.07) is 4.88. The zero-order valence-electron chi connectivity index (χ0n) is 12.2. The third kappa shape index (κ3) is 3.14. The Morgan fingerprint density at radius 1 is 1.45 bits per heavy atom. The molecule has 20 heavy (non-hydrogen) atoms. The van der Waals surface area contributed by atoms with Gasteiger partial charge in [0, 0.05) is 18.2 Å². The van der Waals surface area contributed by atoms with Gasteiger partial charge in [0.2, 0.25) is 0 Å². The largest absolute Gasteiger partial charge is 0.480 e. The third-order valence-corrected chi connectivity index (χ3v) is 3.67. The number of aliphatic carboxylic acids is 1. The average Bonchev–Trinajstić information content (AvgIpc) is 2.36. The summed E-state index contributed by atoms with van der Waals surface area (Å²) in [5, 5.41) is 20.2. The molecule has 6 nitrogen and oxygen atoms in total. The van der Waals surface area contributed by atoms with Gasteiger partial charge in [0.05, 0.1) is 4.92 Å². The molecule has 0 spiro atoms. The summed E-state index contributed by atoms with van der Waals surface area (Å²) < 4.78 is 0. The van der Waals surface area contributed by atoms with E-state index in [1.165, 1.54) is 6.07 Å². The van der Waals surface area contributed by atoms with E-state index in [4.69, 9.17) is 0 Å². The molecular formula is C14H20N2O4. The highest BCUT2D eigenvalue weighted by Crippen LogP contribution is 2.25. The zero-order chi connectivity index (χ0) is 15.5. The van der Waals surface area contributed by atoms with Crippen LogP contribution in [0.1, 0.15) is 31.9 Å². The van der Waals surface area contributed by atoms with Crippen LogP contribution in [0.5, 0.6) is 0 Å². The van der Waals surface area contributed by atoms with Crippen LogP contribution in [0.3, 0.4) is 0 Å². The van der Waals surface area contributed by atoms with Gasteiger partial charge in [-0.15, -0.1) is 0 Å². The van der Waals surface area contributed by atoms with E-state index in [1.54, 1.807) is 37.8 Å². The number of nitro groups is 1. The van der Waals surface area contributed by atoms with Crippen LogP contribution in [0.25, 0.3) is 0 Å². The number of hydrogen-bond donors (Lipinski definition) is 1. The number of rotatable bonds is 6. The van der Waals surface area contributed by atoms with Crippen molar-refractivity contribution in [3.63, 3.8) is 0 Å². The van der Waals surface area contributed by atoms with Crippen molar-refractivity contribution in [3.8, 4) is 0 Å². The molecule has 110 valence electrons. The summed E-state index contributed by atoms with van der Waals surface area (Å²) in [5.41, 5.74) is 0.394. The summed E-state index contributed by atoms with van der Waals surface area (Å²) >= 11 is 0. The van der Waals surface area contributed by atoms with Gasteiger partial charge in [-0.05, 0) is 32.9 Å². The van der Waals surface area contributed by atoms with Crippen LogP contribution in [0.15, 0.2) is 18.2 Å². The highest BCUT2D eigenvalue weighted by Gasteiger charge is 2.34.